The molecule has 29 heavy (non-hydrogen) atoms. The molecule has 1 heterocycles. The molecule has 8 heteroatoms. The van der Waals surface area contributed by atoms with Crippen LogP contribution in [0.2, 0.25) is 0 Å². The van der Waals surface area contributed by atoms with E-state index in [1.807, 2.05) is 37.4 Å². The van der Waals surface area contributed by atoms with Crippen LogP contribution in [-0.4, -0.2) is 42.0 Å². The molecule has 0 atom stereocenters. The zero-order chi connectivity index (χ0) is 20.6. The van der Waals surface area contributed by atoms with E-state index in [2.05, 4.69) is 10.3 Å². The first-order valence-corrected chi connectivity index (χ1v) is 10.6. The number of aliphatic carboxylic acids is 1. The highest BCUT2D eigenvalue weighted by Gasteiger charge is 2.23. The predicted molar refractivity (Wildman–Crippen MR) is 111 cm³/mol. The Balaban J connectivity index is 1.43. The van der Waals surface area contributed by atoms with E-state index in [1.54, 1.807) is 11.3 Å². The van der Waals surface area contributed by atoms with Gasteiger partial charge in [0.1, 0.15) is 11.6 Å². The molecule has 1 fully saturated rings. The van der Waals surface area contributed by atoms with Gasteiger partial charge in [-0.15, -0.1) is 11.3 Å². The Morgan fingerprint density at radius 1 is 1.17 bits per heavy atom. The molecular weight excluding hydrogens is 392 g/mol. The Labute approximate surface area is 174 Å². The summed E-state index contributed by atoms with van der Waals surface area (Å²) in [5.74, 6) is -0.231. The first-order valence-electron chi connectivity index (χ1n) is 9.76. The minimum absolute atomic E-state index is 0.245. The number of hydrogen-bond acceptors (Lipinski definition) is 6. The maximum atomic E-state index is 12.3. The molecule has 156 valence electrons. The summed E-state index contributed by atoms with van der Waals surface area (Å²) in [6.45, 7) is 2.62. The minimum atomic E-state index is -0.940. The van der Waals surface area contributed by atoms with Gasteiger partial charge in [0.15, 0.2) is 0 Å². The van der Waals surface area contributed by atoms with Gasteiger partial charge in [-0.25, -0.2) is 14.6 Å². The van der Waals surface area contributed by atoms with Gasteiger partial charge in [-0.3, -0.25) is 5.32 Å². The van der Waals surface area contributed by atoms with Crippen LogP contribution in [0.3, 0.4) is 0 Å². The molecule has 0 bridgehead atoms. The van der Waals surface area contributed by atoms with Crippen LogP contribution in [0.5, 0.6) is 0 Å². The summed E-state index contributed by atoms with van der Waals surface area (Å²) < 4.78 is 10.6. The highest BCUT2D eigenvalue weighted by molar-refractivity contribution is 7.15. The van der Waals surface area contributed by atoms with E-state index in [-0.39, 0.29) is 6.61 Å². The number of nitrogens with zero attached hydrogens (tertiary/aromatic N) is 1. The molecule has 3 rings (SSSR count). The van der Waals surface area contributed by atoms with Crippen molar-refractivity contribution in [3.05, 3.63) is 35.3 Å². The summed E-state index contributed by atoms with van der Waals surface area (Å²) >= 11 is 1.58. The largest absolute Gasteiger partial charge is 0.480 e. The molecule has 0 spiro atoms. The fourth-order valence-corrected chi connectivity index (χ4v) is 4.28. The van der Waals surface area contributed by atoms with Crippen molar-refractivity contribution in [3.8, 4) is 10.6 Å². The van der Waals surface area contributed by atoms with Crippen LogP contribution in [0.4, 0.5) is 10.5 Å². The van der Waals surface area contributed by atoms with Gasteiger partial charge in [-0.05, 0) is 56.6 Å². The van der Waals surface area contributed by atoms with Crippen LogP contribution >= 0.6 is 11.3 Å². The van der Waals surface area contributed by atoms with E-state index in [0.29, 0.717) is 30.7 Å². The molecule has 1 saturated carbocycles. The Bertz CT molecular complexity index is 830. The van der Waals surface area contributed by atoms with Gasteiger partial charge in [0.2, 0.25) is 0 Å². The van der Waals surface area contributed by atoms with E-state index >= 15 is 0 Å². The number of carboxylic acid groups (broad SMARTS) is 1. The molecule has 1 aromatic carbocycles. The molecule has 2 aromatic rings. The normalized spacial score (nSPS) is 18.9. The topological polar surface area (TPSA) is 97.8 Å². The first-order chi connectivity index (χ1) is 14.0. The Morgan fingerprint density at radius 3 is 2.52 bits per heavy atom. The molecule has 0 radical (unpaired) electrons. The van der Waals surface area contributed by atoms with E-state index in [9.17, 15) is 9.59 Å². The number of carbonyl (C=O) groups is 2. The van der Waals surface area contributed by atoms with Gasteiger partial charge in [0.05, 0.1) is 18.9 Å². The molecule has 0 aliphatic heterocycles. The number of rotatable bonds is 8. The molecule has 1 amide bonds. The number of hydrogen-bond donors (Lipinski definition) is 2. The Morgan fingerprint density at radius 2 is 1.86 bits per heavy atom. The predicted octanol–water partition coefficient (Wildman–Crippen LogP) is 4.57. The number of amides is 1. The number of carbonyl (C=O) groups excluding carboxylic acids is 1. The Hall–Kier alpha value is -2.45. The van der Waals surface area contributed by atoms with Crippen LogP contribution in [0.25, 0.3) is 10.6 Å². The number of carboxylic acids is 1. The third kappa shape index (κ3) is 6.54. The Kier molecular flexibility index (Phi) is 7.60. The summed E-state index contributed by atoms with van der Waals surface area (Å²) in [4.78, 5) is 28.3. The van der Waals surface area contributed by atoms with E-state index in [0.717, 1.165) is 41.1 Å². The van der Waals surface area contributed by atoms with Crippen molar-refractivity contribution >= 4 is 29.1 Å². The number of aromatic nitrogens is 1. The lowest BCUT2D eigenvalue weighted by Crippen LogP contribution is -2.25. The summed E-state index contributed by atoms with van der Waals surface area (Å²) in [6, 6.07) is 7.56. The number of benzene rings is 1. The molecule has 1 aliphatic rings. The average Bonchev–Trinajstić information content (AvgIpc) is 3.14. The molecule has 0 unspecified atom stereocenters. The van der Waals surface area contributed by atoms with Crippen molar-refractivity contribution in [3.63, 3.8) is 0 Å². The van der Waals surface area contributed by atoms with Crippen LogP contribution in [-0.2, 0) is 14.3 Å². The lowest BCUT2D eigenvalue weighted by atomic mass is 9.83. The van der Waals surface area contributed by atoms with Gasteiger partial charge in [-0.2, -0.15) is 0 Å². The van der Waals surface area contributed by atoms with Gasteiger partial charge in [0, 0.05) is 16.6 Å². The van der Waals surface area contributed by atoms with Gasteiger partial charge >= 0.3 is 12.1 Å². The number of nitrogens with one attached hydrogen (secondary N) is 1. The van der Waals surface area contributed by atoms with Crippen molar-refractivity contribution in [1.29, 1.82) is 0 Å². The van der Waals surface area contributed by atoms with Crippen LogP contribution in [0.1, 0.15) is 30.6 Å². The summed E-state index contributed by atoms with van der Waals surface area (Å²) in [7, 11) is 0. The summed E-state index contributed by atoms with van der Waals surface area (Å²) in [5.41, 5.74) is 1.57. The van der Waals surface area contributed by atoms with Gasteiger partial charge in [-0.1, -0.05) is 12.1 Å². The van der Waals surface area contributed by atoms with Crippen molar-refractivity contribution in [2.75, 3.05) is 25.1 Å². The average molecular weight is 419 g/mol. The highest BCUT2D eigenvalue weighted by Crippen LogP contribution is 2.32. The van der Waals surface area contributed by atoms with E-state index in [1.165, 1.54) is 0 Å². The van der Waals surface area contributed by atoms with Crippen molar-refractivity contribution in [1.82, 2.24) is 4.98 Å². The fourth-order valence-electron chi connectivity index (χ4n) is 3.48. The zero-order valence-corrected chi connectivity index (χ0v) is 17.2. The second kappa shape index (κ2) is 10.4. The third-order valence-corrected chi connectivity index (χ3v) is 5.96. The van der Waals surface area contributed by atoms with Gasteiger partial charge < -0.3 is 14.6 Å². The fraction of sp³-hybridized carbons (Fsp3) is 0.476. The van der Waals surface area contributed by atoms with Gasteiger partial charge in [0.25, 0.3) is 0 Å². The first kappa shape index (κ1) is 21.3. The minimum Gasteiger partial charge on any atom is -0.480 e. The second-order valence-corrected chi connectivity index (χ2v) is 8.58. The SMILES string of the molecule is Cc1cnc(-c2ccccc2NC(=O)OCC2CCC(COCC(=O)O)CC2)s1. The van der Waals surface area contributed by atoms with Crippen LogP contribution < -0.4 is 5.32 Å². The number of ether oxygens (including phenoxy) is 2. The monoisotopic (exact) mass is 418 g/mol. The molecule has 2 N–H and O–H groups in total. The summed E-state index contributed by atoms with van der Waals surface area (Å²) in [6.07, 6.45) is 5.17. The lowest BCUT2D eigenvalue weighted by Gasteiger charge is -2.27. The molecule has 1 aliphatic carbocycles. The number of aryl methyl sites for hydroxylation is 1. The second-order valence-electron chi connectivity index (χ2n) is 7.34. The highest BCUT2D eigenvalue weighted by atomic mass is 32.1. The summed E-state index contributed by atoms with van der Waals surface area (Å²) in [5, 5.41) is 12.3. The lowest BCUT2D eigenvalue weighted by molar-refractivity contribution is -0.142. The molecule has 1 aromatic heterocycles. The number of anilines is 1. The smallest absolute Gasteiger partial charge is 0.411 e. The molecular formula is C21H26N2O5S. The maximum absolute atomic E-state index is 12.3. The maximum Gasteiger partial charge on any atom is 0.411 e. The van der Waals surface area contributed by atoms with Crippen molar-refractivity contribution in [2.24, 2.45) is 11.8 Å². The van der Waals surface area contributed by atoms with Crippen molar-refractivity contribution in [2.45, 2.75) is 32.6 Å². The van der Waals surface area contributed by atoms with E-state index in [4.69, 9.17) is 14.6 Å². The molecule has 7 nitrogen and oxygen atoms in total. The number of thiazole rings is 1. The third-order valence-electron chi connectivity index (χ3n) is 5.01. The molecule has 0 saturated heterocycles. The van der Waals surface area contributed by atoms with Crippen LogP contribution in [0.15, 0.2) is 30.5 Å². The van der Waals surface area contributed by atoms with E-state index < -0.39 is 12.1 Å². The zero-order valence-electron chi connectivity index (χ0n) is 16.4. The number of para-hydroxylation sites is 1. The quantitative estimate of drug-likeness (QED) is 0.651. The van der Waals surface area contributed by atoms with Crippen LogP contribution in [0, 0.1) is 18.8 Å². The standard InChI is InChI=1S/C21H26N2O5S/c1-14-10-22-20(29-14)17-4-2-3-5-18(17)23-21(26)28-12-16-8-6-15(7-9-16)11-27-13-19(24)25/h2-5,10,15-16H,6-9,11-13H2,1H3,(H,23,26)(H,24,25). The van der Waals surface area contributed by atoms with Crippen molar-refractivity contribution < 1.29 is 24.2 Å².